The Labute approximate surface area is 177 Å². The first-order valence-corrected chi connectivity index (χ1v) is 10.9. The quantitative estimate of drug-likeness (QED) is 0.763. The number of ether oxygens (including phenoxy) is 1. The topological polar surface area (TPSA) is 70.7 Å². The molecule has 0 saturated carbocycles. The summed E-state index contributed by atoms with van der Waals surface area (Å²) in [5.41, 5.74) is 2.73. The molecule has 2 heterocycles. The van der Waals surface area contributed by atoms with Crippen LogP contribution in [0.5, 0.6) is 0 Å². The van der Waals surface area contributed by atoms with Gasteiger partial charge in [-0.1, -0.05) is 18.2 Å². The van der Waals surface area contributed by atoms with Crippen molar-refractivity contribution < 1.29 is 14.3 Å². The van der Waals surface area contributed by atoms with Crippen LogP contribution in [-0.2, 0) is 4.74 Å². The van der Waals surface area contributed by atoms with Gasteiger partial charge in [0.1, 0.15) is 0 Å². The lowest BCUT2D eigenvalue weighted by molar-refractivity contribution is 0.0858. The predicted octanol–water partition coefficient (Wildman–Crippen LogP) is 3.84. The molecule has 0 aromatic heterocycles. The van der Waals surface area contributed by atoms with Gasteiger partial charge in [0.05, 0.1) is 11.7 Å². The summed E-state index contributed by atoms with van der Waals surface area (Å²) in [7, 11) is 0. The Morgan fingerprint density at radius 2 is 1.77 bits per heavy atom. The molecule has 4 rings (SSSR count). The van der Waals surface area contributed by atoms with Gasteiger partial charge in [-0.25, -0.2) is 0 Å². The van der Waals surface area contributed by atoms with Gasteiger partial charge in [-0.2, -0.15) is 0 Å². The Morgan fingerprint density at radius 3 is 2.50 bits per heavy atom. The summed E-state index contributed by atoms with van der Waals surface area (Å²) in [6.45, 7) is 3.17. The van der Waals surface area contributed by atoms with Crippen LogP contribution < -0.4 is 15.5 Å². The van der Waals surface area contributed by atoms with Crippen LogP contribution in [0.4, 0.5) is 11.4 Å². The molecule has 2 aromatic rings. The molecule has 2 aliphatic rings. The third kappa shape index (κ3) is 5.00. The molecule has 1 atom stereocenters. The highest BCUT2D eigenvalue weighted by molar-refractivity contribution is 6.06. The first-order chi connectivity index (χ1) is 14.7. The molecular formula is C24H29N3O3. The van der Waals surface area contributed by atoms with E-state index in [1.54, 1.807) is 18.2 Å². The van der Waals surface area contributed by atoms with E-state index < -0.39 is 0 Å². The summed E-state index contributed by atoms with van der Waals surface area (Å²) in [6, 6.07) is 14.7. The molecule has 2 amide bonds. The lowest BCUT2D eigenvalue weighted by Gasteiger charge is -2.30. The third-order valence-corrected chi connectivity index (χ3v) is 5.75. The molecule has 0 bridgehead atoms. The van der Waals surface area contributed by atoms with E-state index in [9.17, 15) is 9.59 Å². The third-order valence-electron chi connectivity index (χ3n) is 5.75. The first-order valence-electron chi connectivity index (χ1n) is 10.9. The summed E-state index contributed by atoms with van der Waals surface area (Å²) in [5, 5.41) is 5.95. The van der Waals surface area contributed by atoms with E-state index in [1.165, 1.54) is 6.42 Å². The van der Waals surface area contributed by atoms with Gasteiger partial charge in [0.15, 0.2) is 0 Å². The Bertz CT molecular complexity index is 873. The second-order valence-electron chi connectivity index (χ2n) is 7.94. The van der Waals surface area contributed by atoms with Crippen LogP contribution in [-0.4, -0.2) is 44.2 Å². The monoisotopic (exact) mass is 407 g/mol. The van der Waals surface area contributed by atoms with E-state index in [2.05, 4.69) is 15.5 Å². The zero-order valence-corrected chi connectivity index (χ0v) is 17.2. The second kappa shape index (κ2) is 9.76. The summed E-state index contributed by atoms with van der Waals surface area (Å²) < 4.78 is 5.63. The van der Waals surface area contributed by atoms with Gasteiger partial charge in [-0.15, -0.1) is 0 Å². The number of rotatable bonds is 6. The maximum atomic E-state index is 13.1. The van der Waals surface area contributed by atoms with Crippen LogP contribution in [0.2, 0.25) is 0 Å². The number of anilines is 2. The van der Waals surface area contributed by atoms with Crippen molar-refractivity contribution in [3.8, 4) is 0 Å². The van der Waals surface area contributed by atoms with Crippen molar-refractivity contribution in [2.75, 3.05) is 36.5 Å². The highest BCUT2D eigenvalue weighted by Crippen LogP contribution is 2.27. The zero-order chi connectivity index (χ0) is 20.8. The Hall–Kier alpha value is -2.86. The molecule has 158 valence electrons. The van der Waals surface area contributed by atoms with E-state index >= 15 is 0 Å². The number of nitrogens with zero attached hydrogens (tertiary/aromatic N) is 1. The fraction of sp³-hybridized carbons (Fsp3) is 0.417. The van der Waals surface area contributed by atoms with E-state index in [-0.39, 0.29) is 17.9 Å². The Balaban J connectivity index is 1.54. The lowest BCUT2D eigenvalue weighted by atomic mass is 10.1. The van der Waals surface area contributed by atoms with Crippen molar-refractivity contribution in [2.45, 2.75) is 38.2 Å². The van der Waals surface area contributed by atoms with Crippen molar-refractivity contribution >= 4 is 23.2 Å². The molecule has 0 aliphatic carbocycles. The van der Waals surface area contributed by atoms with Crippen LogP contribution in [0.1, 0.15) is 52.8 Å². The Kier molecular flexibility index (Phi) is 6.64. The van der Waals surface area contributed by atoms with Gasteiger partial charge >= 0.3 is 0 Å². The Morgan fingerprint density at radius 1 is 0.967 bits per heavy atom. The molecule has 2 aliphatic heterocycles. The molecule has 6 nitrogen and oxygen atoms in total. The van der Waals surface area contributed by atoms with Gasteiger partial charge in [-0.3, -0.25) is 9.59 Å². The molecule has 2 saturated heterocycles. The number of hydrogen-bond donors (Lipinski definition) is 2. The van der Waals surface area contributed by atoms with E-state index in [4.69, 9.17) is 4.74 Å². The minimum atomic E-state index is -0.188. The first kappa shape index (κ1) is 20.4. The molecule has 2 fully saturated rings. The predicted molar refractivity (Wildman–Crippen MR) is 118 cm³/mol. The fourth-order valence-electron chi connectivity index (χ4n) is 4.11. The smallest absolute Gasteiger partial charge is 0.255 e. The summed E-state index contributed by atoms with van der Waals surface area (Å²) >= 11 is 0. The van der Waals surface area contributed by atoms with Gasteiger partial charge in [-0.05, 0) is 62.4 Å². The van der Waals surface area contributed by atoms with Crippen molar-refractivity contribution in [2.24, 2.45) is 0 Å². The maximum absolute atomic E-state index is 13.1. The van der Waals surface area contributed by atoms with Crippen LogP contribution in [0.3, 0.4) is 0 Å². The zero-order valence-electron chi connectivity index (χ0n) is 17.2. The van der Waals surface area contributed by atoms with Crippen LogP contribution in [0.15, 0.2) is 48.5 Å². The number of piperidine rings is 1. The minimum absolute atomic E-state index is 0.0911. The average Bonchev–Trinajstić information content (AvgIpc) is 3.32. The van der Waals surface area contributed by atoms with Crippen molar-refractivity contribution in [3.05, 3.63) is 59.7 Å². The van der Waals surface area contributed by atoms with Crippen molar-refractivity contribution in [1.82, 2.24) is 5.32 Å². The SMILES string of the molecule is O=C(Nc1ccc(N2CCCCC2)c(C(=O)NC[C@H]2CCCO2)c1)c1ccccc1. The molecule has 6 heteroatoms. The molecular weight excluding hydrogens is 378 g/mol. The molecule has 0 spiro atoms. The van der Waals surface area contributed by atoms with Crippen LogP contribution >= 0.6 is 0 Å². The van der Waals surface area contributed by atoms with Crippen LogP contribution in [0, 0.1) is 0 Å². The largest absolute Gasteiger partial charge is 0.376 e. The second-order valence-corrected chi connectivity index (χ2v) is 7.94. The maximum Gasteiger partial charge on any atom is 0.255 e. The molecule has 2 N–H and O–H groups in total. The van der Waals surface area contributed by atoms with Crippen molar-refractivity contribution in [3.63, 3.8) is 0 Å². The summed E-state index contributed by atoms with van der Waals surface area (Å²) in [4.78, 5) is 27.9. The lowest BCUT2D eigenvalue weighted by Crippen LogP contribution is -2.35. The highest BCUT2D eigenvalue weighted by Gasteiger charge is 2.22. The number of benzene rings is 2. The molecule has 0 unspecified atom stereocenters. The number of carbonyl (C=O) groups excluding carboxylic acids is 2. The molecule has 0 radical (unpaired) electrons. The average molecular weight is 408 g/mol. The van der Waals surface area contributed by atoms with E-state index in [1.807, 2.05) is 30.3 Å². The van der Waals surface area contributed by atoms with Crippen molar-refractivity contribution in [1.29, 1.82) is 0 Å². The number of nitrogens with one attached hydrogen (secondary N) is 2. The van der Waals surface area contributed by atoms with E-state index in [0.29, 0.717) is 23.4 Å². The van der Waals surface area contributed by atoms with Gasteiger partial charge in [0, 0.05) is 43.2 Å². The van der Waals surface area contributed by atoms with Crippen LogP contribution in [0.25, 0.3) is 0 Å². The molecule has 30 heavy (non-hydrogen) atoms. The van der Waals surface area contributed by atoms with Gasteiger partial charge in [0.25, 0.3) is 11.8 Å². The number of amides is 2. The van der Waals surface area contributed by atoms with E-state index in [0.717, 1.165) is 51.1 Å². The summed E-state index contributed by atoms with van der Waals surface area (Å²) in [6.07, 6.45) is 5.59. The standard InChI is InChI=1S/C24H29N3O3/c28-23(18-8-3-1-4-9-18)26-19-11-12-22(27-13-5-2-6-14-27)21(16-19)24(29)25-17-20-10-7-15-30-20/h1,3-4,8-9,11-12,16,20H,2,5-7,10,13-15,17H2,(H,25,29)(H,26,28)/t20-/m1/s1. The fourth-order valence-corrected chi connectivity index (χ4v) is 4.11. The highest BCUT2D eigenvalue weighted by atomic mass is 16.5. The summed E-state index contributed by atoms with van der Waals surface area (Å²) in [5.74, 6) is -0.311. The minimum Gasteiger partial charge on any atom is -0.376 e. The normalized spacial score (nSPS) is 18.8. The number of hydrogen-bond acceptors (Lipinski definition) is 4. The van der Waals surface area contributed by atoms with Gasteiger partial charge in [0.2, 0.25) is 0 Å². The number of carbonyl (C=O) groups is 2. The van der Waals surface area contributed by atoms with Gasteiger partial charge < -0.3 is 20.3 Å². The molecule has 2 aromatic carbocycles.